The minimum atomic E-state index is -0.984. The molecular weight excluding hydrogens is 452 g/mol. The summed E-state index contributed by atoms with van der Waals surface area (Å²) >= 11 is 0. The van der Waals surface area contributed by atoms with Gasteiger partial charge in [-0.15, -0.1) is 0 Å². The zero-order valence-corrected chi connectivity index (χ0v) is 20.7. The highest BCUT2D eigenvalue weighted by molar-refractivity contribution is 5.80. The molecule has 12 heteroatoms. The van der Waals surface area contributed by atoms with Crippen LogP contribution in [-0.4, -0.2) is 108 Å². The smallest absolute Gasteiger partial charge is 0.407 e. The van der Waals surface area contributed by atoms with Gasteiger partial charge in [-0.05, 0) is 27.2 Å². The summed E-state index contributed by atoms with van der Waals surface area (Å²) in [5, 5.41) is 13.7. The van der Waals surface area contributed by atoms with Crippen molar-refractivity contribution in [1.29, 1.82) is 0 Å². The normalized spacial score (nSPS) is 11.3. The Balaban J connectivity index is 3.18. The van der Waals surface area contributed by atoms with Crippen LogP contribution in [0.1, 0.15) is 40.0 Å². The first-order valence-corrected chi connectivity index (χ1v) is 11.5. The van der Waals surface area contributed by atoms with E-state index in [0.29, 0.717) is 85.6 Å². The average molecular weight is 495 g/mol. The quantitative estimate of drug-likeness (QED) is 0.186. The van der Waals surface area contributed by atoms with Crippen molar-refractivity contribution >= 4 is 18.0 Å². The van der Waals surface area contributed by atoms with Gasteiger partial charge in [0.05, 0.1) is 65.9 Å². The standard InChI is InChI=1S/C22H42N2O10/c1-22(2,3)34-21(28)24-8-10-30-12-14-32-16-18-33-17-15-31-13-11-29-9-4-7-23-19(25)5-6-20(26)27/h4-18H2,1-3H3,(H,23,25)(H,24,28)(H,26,27). The molecule has 0 aliphatic carbocycles. The number of alkyl carbamates (subject to hydrolysis) is 1. The number of hydrogen-bond acceptors (Lipinski definition) is 9. The number of carbonyl (C=O) groups is 3. The van der Waals surface area contributed by atoms with E-state index >= 15 is 0 Å². The number of hydrogen-bond donors (Lipinski definition) is 3. The maximum Gasteiger partial charge on any atom is 0.407 e. The Morgan fingerprint density at radius 2 is 1.12 bits per heavy atom. The van der Waals surface area contributed by atoms with Crippen LogP contribution in [0.2, 0.25) is 0 Å². The van der Waals surface area contributed by atoms with E-state index in [1.165, 1.54) is 0 Å². The van der Waals surface area contributed by atoms with E-state index in [1.54, 1.807) is 20.8 Å². The Bertz CT molecular complexity index is 540. The summed E-state index contributed by atoms with van der Waals surface area (Å²) in [4.78, 5) is 33.1. The van der Waals surface area contributed by atoms with Crippen LogP contribution < -0.4 is 10.6 Å². The van der Waals surface area contributed by atoms with E-state index in [4.69, 9.17) is 33.5 Å². The van der Waals surface area contributed by atoms with Crippen molar-refractivity contribution in [2.75, 3.05) is 79.2 Å². The number of carbonyl (C=O) groups excluding carboxylic acids is 2. The summed E-state index contributed by atoms with van der Waals surface area (Å²) < 4.78 is 32.0. The van der Waals surface area contributed by atoms with Crippen molar-refractivity contribution in [3.05, 3.63) is 0 Å². The number of aliphatic carboxylic acids is 1. The highest BCUT2D eigenvalue weighted by Crippen LogP contribution is 2.06. The van der Waals surface area contributed by atoms with Crippen LogP contribution in [0.4, 0.5) is 4.79 Å². The summed E-state index contributed by atoms with van der Waals surface area (Å²) in [7, 11) is 0. The van der Waals surface area contributed by atoms with E-state index in [0.717, 1.165) is 0 Å². The monoisotopic (exact) mass is 494 g/mol. The maximum atomic E-state index is 11.4. The molecule has 0 spiro atoms. The van der Waals surface area contributed by atoms with E-state index < -0.39 is 17.7 Å². The van der Waals surface area contributed by atoms with Crippen molar-refractivity contribution in [2.24, 2.45) is 0 Å². The number of carboxylic acid groups (broad SMARTS) is 1. The molecule has 0 radical (unpaired) electrons. The first kappa shape index (κ1) is 32.0. The van der Waals surface area contributed by atoms with Gasteiger partial charge in [0.2, 0.25) is 5.91 Å². The predicted octanol–water partition coefficient (Wildman–Crippen LogP) is 0.965. The molecule has 0 aromatic heterocycles. The predicted molar refractivity (Wildman–Crippen MR) is 123 cm³/mol. The fraction of sp³-hybridized carbons (Fsp3) is 0.864. The molecule has 34 heavy (non-hydrogen) atoms. The summed E-state index contributed by atoms with van der Waals surface area (Å²) in [5.41, 5.74) is -0.516. The van der Waals surface area contributed by atoms with Crippen LogP contribution in [0, 0.1) is 0 Å². The molecule has 0 atom stereocenters. The van der Waals surface area contributed by atoms with Crippen molar-refractivity contribution in [2.45, 2.75) is 45.6 Å². The molecule has 0 fully saturated rings. The van der Waals surface area contributed by atoms with Gasteiger partial charge in [0.25, 0.3) is 0 Å². The maximum absolute atomic E-state index is 11.4. The summed E-state index contributed by atoms with van der Waals surface area (Å²) in [6.45, 7) is 10.7. The van der Waals surface area contributed by atoms with Crippen LogP contribution in [0.5, 0.6) is 0 Å². The van der Waals surface area contributed by atoms with E-state index in [1.807, 2.05) is 0 Å². The molecule has 0 aliphatic heterocycles. The molecule has 0 saturated carbocycles. The fourth-order valence-electron chi connectivity index (χ4n) is 2.23. The van der Waals surface area contributed by atoms with Crippen LogP contribution in [0.3, 0.4) is 0 Å². The Kier molecular flexibility index (Phi) is 20.3. The van der Waals surface area contributed by atoms with Gasteiger partial charge in [-0.25, -0.2) is 4.79 Å². The SMILES string of the molecule is CC(C)(C)OC(=O)NCCOCCOCCOCCOCCOCCCNC(=O)CCC(=O)O. The first-order chi connectivity index (χ1) is 16.2. The van der Waals surface area contributed by atoms with Crippen LogP contribution in [-0.2, 0) is 38.0 Å². The second-order valence-electron chi connectivity index (χ2n) is 8.09. The lowest BCUT2D eigenvalue weighted by Crippen LogP contribution is -2.34. The topological polar surface area (TPSA) is 151 Å². The zero-order valence-electron chi connectivity index (χ0n) is 20.7. The molecule has 2 amide bonds. The van der Waals surface area contributed by atoms with Crippen molar-refractivity contribution in [1.82, 2.24) is 10.6 Å². The largest absolute Gasteiger partial charge is 0.481 e. The molecule has 0 saturated heterocycles. The van der Waals surface area contributed by atoms with Crippen LogP contribution in [0.15, 0.2) is 0 Å². The molecule has 0 aliphatic rings. The van der Waals surface area contributed by atoms with Gasteiger partial charge in [0.1, 0.15) is 5.60 Å². The first-order valence-electron chi connectivity index (χ1n) is 11.5. The molecule has 0 heterocycles. The Hall–Kier alpha value is -1.99. The third-order valence-electron chi connectivity index (χ3n) is 3.76. The molecule has 0 aromatic carbocycles. The second-order valence-corrected chi connectivity index (χ2v) is 8.09. The van der Waals surface area contributed by atoms with Gasteiger partial charge < -0.3 is 44.2 Å². The average Bonchev–Trinajstić information content (AvgIpc) is 2.75. The molecule has 12 nitrogen and oxygen atoms in total. The highest BCUT2D eigenvalue weighted by atomic mass is 16.6. The lowest BCUT2D eigenvalue weighted by Gasteiger charge is -2.19. The van der Waals surface area contributed by atoms with Gasteiger partial charge in [-0.3, -0.25) is 9.59 Å². The minimum absolute atomic E-state index is 0.0106. The Labute approximate surface area is 201 Å². The zero-order chi connectivity index (χ0) is 25.5. The van der Waals surface area contributed by atoms with Gasteiger partial charge in [-0.2, -0.15) is 0 Å². The molecule has 0 aromatic rings. The number of amides is 2. The van der Waals surface area contributed by atoms with Crippen molar-refractivity contribution < 1.29 is 47.9 Å². The number of ether oxygens (including phenoxy) is 6. The van der Waals surface area contributed by atoms with Crippen molar-refractivity contribution in [3.8, 4) is 0 Å². The number of nitrogens with one attached hydrogen (secondary N) is 2. The highest BCUT2D eigenvalue weighted by Gasteiger charge is 2.15. The van der Waals surface area contributed by atoms with Gasteiger partial charge in [-0.1, -0.05) is 0 Å². The molecular formula is C22H42N2O10. The molecule has 0 unspecified atom stereocenters. The summed E-state index contributed by atoms with van der Waals surface area (Å²) in [5.74, 6) is -1.25. The second kappa shape index (κ2) is 21.5. The number of carboxylic acids is 1. The fourth-order valence-corrected chi connectivity index (χ4v) is 2.23. The van der Waals surface area contributed by atoms with E-state index in [2.05, 4.69) is 10.6 Å². The minimum Gasteiger partial charge on any atom is -0.481 e. The summed E-state index contributed by atoms with van der Waals surface area (Å²) in [6.07, 6.45) is 0.0124. The Morgan fingerprint density at radius 3 is 1.59 bits per heavy atom. The lowest BCUT2D eigenvalue weighted by molar-refractivity contribution is -0.138. The third-order valence-corrected chi connectivity index (χ3v) is 3.76. The number of rotatable bonds is 22. The lowest BCUT2D eigenvalue weighted by atomic mass is 10.2. The molecule has 200 valence electrons. The molecule has 0 rings (SSSR count). The van der Waals surface area contributed by atoms with Gasteiger partial charge in [0, 0.05) is 26.1 Å². The van der Waals surface area contributed by atoms with Gasteiger partial charge in [0.15, 0.2) is 0 Å². The van der Waals surface area contributed by atoms with Crippen LogP contribution >= 0.6 is 0 Å². The van der Waals surface area contributed by atoms with Crippen LogP contribution in [0.25, 0.3) is 0 Å². The van der Waals surface area contributed by atoms with Gasteiger partial charge >= 0.3 is 12.1 Å². The van der Waals surface area contributed by atoms with E-state index in [9.17, 15) is 14.4 Å². The summed E-state index contributed by atoms with van der Waals surface area (Å²) in [6, 6.07) is 0. The van der Waals surface area contributed by atoms with E-state index in [-0.39, 0.29) is 18.7 Å². The van der Waals surface area contributed by atoms with Crippen molar-refractivity contribution in [3.63, 3.8) is 0 Å². The molecule has 0 bridgehead atoms. The third kappa shape index (κ3) is 26.3. The molecule has 3 N–H and O–H groups in total. The Morgan fingerprint density at radius 1 is 0.647 bits per heavy atom.